The number of rotatable bonds is 7. The van der Waals surface area contributed by atoms with Crippen LogP contribution in [0.4, 0.5) is 10.2 Å². The number of anilines is 1. The Morgan fingerprint density at radius 2 is 1.81 bits per heavy atom. The largest absolute Gasteiger partial charge is 0.450 e. The first-order valence-electron chi connectivity index (χ1n) is 11.3. The zero-order chi connectivity index (χ0) is 26.7. The van der Waals surface area contributed by atoms with Crippen molar-refractivity contribution in [2.75, 3.05) is 11.9 Å². The normalized spacial score (nSPS) is 10.6. The summed E-state index contributed by atoms with van der Waals surface area (Å²) in [7, 11) is 0. The number of Topliss-reactive ketones (excluding diaryl/α,β-unsaturated/α-hetero) is 1. The Morgan fingerprint density at radius 1 is 1.08 bits per heavy atom. The number of carbonyl (C=O) groups excluding carboxylic acids is 3. The van der Waals surface area contributed by atoms with Gasteiger partial charge >= 0.3 is 5.97 Å². The first kappa shape index (κ1) is 25.1. The molecule has 0 saturated carbocycles. The average molecular weight is 499 g/mol. The van der Waals surface area contributed by atoms with Crippen molar-refractivity contribution in [1.29, 1.82) is 5.26 Å². The number of carbonyl (C=O) groups is 3. The topological polar surface area (TPSA) is 114 Å². The van der Waals surface area contributed by atoms with Crippen molar-refractivity contribution in [3.05, 3.63) is 94.6 Å². The van der Waals surface area contributed by atoms with Gasteiger partial charge in [0.05, 0.1) is 11.3 Å². The van der Waals surface area contributed by atoms with Gasteiger partial charge in [-0.1, -0.05) is 30.3 Å². The van der Waals surface area contributed by atoms with Crippen LogP contribution in [0.2, 0.25) is 0 Å². The molecule has 0 fully saturated rings. The van der Waals surface area contributed by atoms with E-state index in [4.69, 9.17) is 9.15 Å². The summed E-state index contributed by atoms with van der Waals surface area (Å²) in [5.74, 6) is -1.64. The Morgan fingerprint density at radius 3 is 2.46 bits per heavy atom. The molecule has 0 aliphatic carbocycles. The highest BCUT2D eigenvalue weighted by atomic mass is 19.1. The van der Waals surface area contributed by atoms with Gasteiger partial charge in [-0.3, -0.25) is 14.2 Å². The van der Waals surface area contributed by atoms with E-state index < -0.39 is 24.3 Å². The molecule has 1 N–H and O–H groups in total. The smallest absolute Gasteiger partial charge is 0.374 e. The van der Waals surface area contributed by atoms with Crippen LogP contribution in [-0.2, 0) is 9.53 Å². The van der Waals surface area contributed by atoms with E-state index in [1.807, 2.05) is 0 Å². The molecule has 0 spiro atoms. The number of esters is 1. The maximum Gasteiger partial charge on any atom is 0.374 e. The molecule has 0 bridgehead atoms. The molecule has 0 aliphatic heterocycles. The van der Waals surface area contributed by atoms with E-state index in [9.17, 15) is 24.0 Å². The fourth-order valence-corrected chi connectivity index (χ4v) is 3.84. The lowest BCUT2D eigenvalue weighted by atomic mass is 10.1. The monoisotopic (exact) mass is 499 g/mol. The molecule has 4 rings (SSSR count). The molecule has 0 radical (unpaired) electrons. The summed E-state index contributed by atoms with van der Waals surface area (Å²) >= 11 is 0. The van der Waals surface area contributed by atoms with Crippen molar-refractivity contribution < 1.29 is 27.9 Å². The molecule has 0 unspecified atom stereocenters. The minimum Gasteiger partial charge on any atom is -0.450 e. The SMILES string of the molecule is CC(=O)c1ccc(-c2ccc(C(=O)OCC(=O)Nc3c(C#N)c(C)c(C)n3-c3cccc(F)c3)o2)cc1. The number of nitrogens with one attached hydrogen (secondary N) is 1. The second kappa shape index (κ2) is 10.3. The van der Waals surface area contributed by atoms with Crippen LogP contribution in [0, 0.1) is 31.0 Å². The van der Waals surface area contributed by atoms with Crippen molar-refractivity contribution >= 4 is 23.5 Å². The minimum atomic E-state index is -0.852. The van der Waals surface area contributed by atoms with Gasteiger partial charge in [0.25, 0.3) is 5.91 Å². The Bertz CT molecular complexity index is 1560. The molecule has 1 amide bonds. The molecule has 37 heavy (non-hydrogen) atoms. The highest BCUT2D eigenvalue weighted by molar-refractivity contribution is 5.96. The predicted octanol–water partition coefficient (Wildman–Crippen LogP) is 5.36. The van der Waals surface area contributed by atoms with Crippen LogP contribution >= 0.6 is 0 Å². The van der Waals surface area contributed by atoms with Crippen molar-refractivity contribution in [2.24, 2.45) is 0 Å². The second-order valence-electron chi connectivity index (χ2n) is 8.28. The zero-order valence-electron chi connectivity index (χ0n) is 20.3. The number of aromatic nitrogens is 1. The van der Waals surface area contributed by atoms with Gasteiger partial charge in [0.2, 0.25) is 5.76 Å². The molecule has 0 saturated heterocycles. The molecule has 4 aromatic rings. The van der Waals surface area contributed by atoms with Gasteiger partial charge in [-0.2, -0.15) is 5.26 Å². The van der Waals surface area contributed by atoms with E-state index in [1.54, 1.807) is 54.8 Å². The van der Waals surface area contributed by atoms with Crippen LogP contribution in [0.15, 0.2) is 65.1 Å². The van der Waals surface area contributed by atoms with E-state index in [2.05, 4.69) is 11.4 Å². The van der Waals surface area contributed by atoms with Gasteiger partial charge in [0.15, 0.2) is 12.4 Å². The van der Waals surface area contributed by atoms with Gasteiger partial charge in [-0.15, -0.1) is 0 Å². The van der Waals surface area contributed by atoms with Crippen molar-refractivity contribution in [2.45, 2.75) is 20.8 Å². The van der Waals surface area contributed by atoms with E-state index in [-0.39, 0.29) is 22.9 Å². The molecule has 2 heterocycles. The molecule has 0 aliphatic rings. The Kier molecular flexibility index (Phi) is 7.02. The highest BCUT2D eigenvalue weighted by Gasteiger charge is 2.22. The number of ether oxygens (including phenoxy) is 1. The van der Waals surface area contributed by atoms with Crippen LogP contribution in [-0.4, -0.2) is 28.8 Å². The van der Waals surface area contributed by atoms with Gasteiger partial charge in [0, 0.05) is 16.8 Å². The minimum absolute atomic E-state index is 0.0658. The number of amides is 1. The molecular formula is C28H22FN3O5. The van der Waals surface area contributed by atoms with Crippen LogP contribution in [0.25, 0.3) is 17.0 Å². The quantitative estimate of drug-likeness (QED) is 0.270. The van der Waals surface area contributed by atoms with Crippen LogP contribution in [0.5, 0.6) is 0 Å². The number of hydrogen-bond donors (Lipinski definition) is 1. The molecule has 0 atom stereocenters. The summed E-state index contributed by atoms with van der Waals surface area (Å²) in [4.78, 5) is 36.6. The summed E-state index contributed by atoms with van der Waals surface area (Å²) in [6.07, 6.45) is 0. The lowest BCUT2D eigenvalue weighted by Gasteiger charge is -2.13. The third kappa shape index (κ3) is 5.18. The number of furan rings is 1. The van der Waals surface area contributed by atoms with Crippen LogP contribution < -0.4 is 5.32 Å². The number of benzene rings is 2. The third-order valence-corrected chi connectivity index (χ3v) is 5.87. The van der Waals surface area contributed by atoms with Crippen molar-refractivity contribution in [1.82, 2.24) is 4.57 Å². The summed E-state index contributed by atoms with van der Waals surface area (Å²) in [5.41, 5.74) is 3.12. The zero-order valence-corrected chi connectivity index (χ0v) is 20.3. The number of ketones is 1. The van der Waals surface area contributed by atoms with E-state index in [1.165, 1.54) is 31.2 Å². The Balaban J connectivity index is 1.47. The molecular weight excluding hydrogens is 477 g/mol. The summed E-state index contributed by atoms with van der Waals surface area (Å²) in [5, 5.41) is 12.3. The third-order valence-electron chi connectivity index (χ3n) is 5.87. The van der Waals surface area contributed by atoms with E-state index in [0.29, 0.717) is 33.8 Å². The lowest BCUT2D eigenvalue weighted by molar-refractivity contribution is -0.119. The number of nitriles is 1. The standard InChI is InChI=1S/C28H22FN3O5/c1-16-17(2)32(22-6-4-5-21(29)13-22)27(23(16)14-30)31-26(34)15-36-28(35)25-12-11-24(37-25)20-9-7-19(8-10-20)18(3)33/h4-13H,15H2,1-3H3,(H,31,34). The van der Waals surface area contributed by atoms with Crippen LogP contribution in [0.1, 0.15) is 44.7 Å². The number of hydrogen-bond acceptors (Lipinski definition) is 6. The molecule has 2 aromatic carbocycles. The predicted molar refractivity (Wildman–Crippen MR) is 133 cm³/mol. The van der Waals surface area contributed by atoms with Crippen LogP contribution in [0.3, 0.4) is 0 Å². The molecule has 186 valence electrons. The van der Waals surface area contributed by atoms with Crippen molar-refractivity contribution in [3.8, 4) is 23.1 Å². The maximum absolute atomic E-state index is 13.9. The lowest BCUT2D eigenvalue weighted by Crippen LogP contribution is -2.22. The first-order chi connectivity index (χ1) is 17.7. The fourth-order valence-electron chi connectivity index (χ4n) is 3.84. The summed E-state index contributed by atoms with van der Waals surface area (Å²) in [6.45, 7) is 4.30. The molecule has 9 heteroatoms. The van der Waals surface area contributed by atoms with Gasteiger partial charge in [0.1, 0.15) is 23.5 Å². The average Bonchev–Trinajstić information content (AvgIpc) is 3.46. The van der Waals surface area contributed by atoms with Gasteiger partial charge in [-0.05, 0) is 56.7 Å². The molecule has 2 aromatic heterocycles. The summed E-state index contributed by atoms with van der Waals surface area (Å²) < 4.78 is 26.1. The van der Waals surface area contributed by atoms with E-state index >= 15 is 0 Å². The van der Waals surface area contributed by atoms with E-state index in [0.717, 1.165) is 0 Å². The number of nitrogens with zero attached hydrogens (tertiary/aromatic N) is 2. The maximum atomic E-state index is 13.9. The summed E-state index contributed by atoms with van der Waals surface area (Å²) in [6, 6.07) is 17.5. The Hall–Kier alpha value is -4.97. The Labute approximate surface area is 211 Å². The fraction of sp³-hybridized carbons (Fsp3) is 0.143. The second-order valence-corrected chi connectivity index (χ2v) is 8.28. The van der Waals surface area contributed by atoms with Crippen molar-refractivity contribution in [3.63, 3.8) is 0 Å². The highest BCUT2D eigenvalue weighted by Crippen LogP contribution is 2.30. The van der Waals surface area contributed by atoms with Gasteiger partial charge < -0.3 is 14.5 Å². The first-order valence-corrected chi connectivity index (χ1v) is 11.3. The van der Waals surface area contributed by atoms with Gasteiger partial charge in [-0.25, -0.2) is 9.18 Å². The number of halogens is 1. The molecule has 8 nitrogen and oxygen atoms in total.